The number of benzene rings is 1. The summed E-state index contributed by atoms with van der Waals surface area (Å²) in [6, 6.07) is 7.90. The smallest absolute Gasteiger partial charge is 0.356 e. The van der Waals surface area contributed by atoms with Crippen LogP contribution < -0.4 is 15.5 Å². The molecule has 160 valence electrons. The first-order valence-electron chi connectivity index (χ1n) is 10.0. The molecule has 1 amide bonds. The normalized spacial score (nSPS) is 20.1. The third-order valence-corrected chi connectivity index (χ3v) is 5.29. The summed E-state index contributed by atoms with van der Waals surface area (Å²) in [6.07, 6.45) is -1.55. The number of nitrogens with zero attached hydrogens (tertiary/aromatic N) is 3. The van der Waals surface area contributed by atoms with Gasteiger partial charge >= 0.3 is 6.18 Å². The zero-order valence-electron chi connectivity index (χ0n) is 16.6. The fraction of sp³-hybridized carbons (Fsp3) is 0.600. The van der Waals surface area contributed by atoms with E-state index in [0.717, 1.165) is 18.7 Å². The molecule has 1 aromatic carbocycles. The average molecular weight is 411 g/mol. The predicted octanol–water partition coefficient (Wildman–Crippen LogP) is 2.16. The summed E-state index contributed by atoms with van der Waals surface area (Å²) in [5.41, 5.74) is 2.22. The summed E-state index contributed by atoms with van der Waals surface area (Å²) in [5, 5.41) is 6.32. The molecule has 0 saturated carbocycles. The molecule has 2 N–H and O–H groups in total. The first-order valence-corrected chi connectivity index (χ1v) is 10.0. The summed E-state index contributed by atoms with van der Waals surface area (Å²) in [5.74, 6) is 0.668. The Morgan fingerprint density at radius 2 is 2.07 bits per heavy atom. The molecule has 2 aliphatic rings. The average Bonchev–Trinajstić information content (AvgIpc) is 3.29. The van der Waals surface area contributed by atoms with Crippen molar-refractivity contribution in [2.45, 2.75) is 37.9 Å². The highest BCUT2D eigenvalue weighted by molar-refractivity contribution is 5.95. The van der Waals surface area contributed by atoms with Gasteiger partial charge in [-0.3, -0.25) is 14.7 Å². The van der Waals surface area contributed by atoms with Gasteiger partial charge in [-0.2, -0.15) is 13.2 Å². The van der Waals surface area contributed by atoms with Crippen molar-refractivity contribution in [3.8, 4) is 0 Å². The molecule has 2 aliphatic heterocycles. The number of hydrogen-bond acceptors (Lipinski definition) is 3. The van der Waals surface area contributed by atoms with Gasteiger partial charge in [-0.1, -0.05) is 18.2 Å². The monoisotopic (exact) mass is 411 g/mol. The van der Waals surface area contributed by atoms with Crippen LogP contribution in [0.1, 0.15) is 24.8 Å². The second kappa shape index (κ2) is 9.47. The molecule has 1 aromatic rings. The zero-order valence-corrected chi connectivity index (χ0v) is 16.6. The van der Waals surface area contributed by atoms with Crippen molar-refractivity contribution in [2.75, 3.05) is 44.7 Å². The topological polar surface area (TPSA) is 60.0 Å². The van der Waals surface area contributed by atoms with E-state index >= 15 is 0 Å². The van der Waals surface area contributed by atoms with Gasteiger partial charge in [0.15, 0.2) is 5.96 Å². The number of para-hydroxylation sites is 1. The molecule has 9 heteroatoms. The summed E-state index contributed by atoms with van der Waals surface area (Å²) < 4.78 is 37.5. The molecule has 29 heavy (non-hydrogen) atoms. The molecule has 1 fully saturated rings. The fourth-order valence-corrected chi connectivity index (χ4v) is 3.91. The maximum Gasteiger partial charge on any atom is 0.401 e. The molecule has 0 aliphatic carbocycles. The SMILES string of the molecule is CN=C(NCCCC(=O)N1CCc2ccccc21)NC1CCN(CC(F)(F)F)C1. The summed E-state index contributed by atoms with van der Waals surface area (Å²) in [7, 11) is 1.63. The Kier molecular flexibility index (Phi) is 7.00. The van der Waals surface area contributed by atoms with Gasteiger partial charge in [0.05, 0.1) is 6.54 Å². The third kappa shape index (κ3) is 6.09. The van der Waals surface area contributed by atoms with Crippen molar-refractivity contribution in [3.05, 3.63) is 29.8 Å². The Balaban J connectivity index is 1.36. The van der Waals surface area contributed by atoms with E-state index in [1.807, 2.05) is 23.1 Å². The van der Waals surface area contributed by atoms with Crippen molar-refractivity contribution >= 4 is 17.6 Å². The Morgan fingerprint density at radius 1 is 1.28 bits per heavy atom. The minimum Gasteiger partial charge on any atom is -0.356 e. The van der Waals surface area contributed by atoms with Crippen LogP contribution in [0.2, 0.25) is 0 Å². The highest BCUT2D eigenvalue weighted by Crippen LogP contribution is 2.28. The largest absolute Gasteiger partial charge is 0.401 e. The number of likely N-dealkylation sites (tertiary alicyclic amines) is 1. The number of nitrogens with one attached hydrogen (secondary N) is 2. The molecule has 0 radical (unpaired) electrons. The van der Waals surface area contributed by atoms with Crippen LogP contribution in [0.3, 0.4) is 0 Å². The summed E-state index contributed by atoms with van der Waals surface area (Å²) in [4.78, 5) is 19.9. The van der Waals surface area contributed by atoms with Crippen molar-refractivity contribution in [2.24, 2.45) is 4.99 Å². The highest BCUT2D eigenvalue weighted by atomic mass is 19.4. The number of carbonyl (C=O) groups excluding carboxylic acids is 1. The number of amides is 1. The number of aliphatic imine (C=N–C) groups is 1. The Morgan fingerprint density at radius 3 is 2.83 bits per heavy atom. The maximum atomic E-state index is 12.5. The number of carbonyl (C=O) groups is 1. The van der Waals surface area contributed by atoms with E-state index in [4.69, 9.17) is 0 Å². The van der Waals surface area contributed by atoms with Gasteiger partial charge in [-0.05, 0) is 30.9 Å². The summed E-state index contributed by atoms with van der Waals surface area (Å²) >= 11 is 0. The highest BCUT2D eigenvalue weighted by Gasteiger charge is 2.34. The van der Waals surface area contributed by atoms with E-state index < -0.39 is 12.7 Å². The van der Waals surface area contributed by atoms with Crippen LogP contribution in [-0.2, 0) is 11.2 Å². The lowest BCUT2D eigenvalue weighted by Crippen LogP contribution is -2.45. The minimum absolute atomic E-state index is 0.0636. The number of guanidine groups is 1. The Bertz CT molecular complexity index is 737. The zero-order chi connectivity index (χ0) is 20.9. The molecule has 1 saturated heterocycles. The van der Waals surface area contributed by atoms with Crippen LogP contribution in [0.5, 0.6) is 0 Å². The molecule has 1 atom stereocenters. The van der Waals surface area contributed by atoms with Gasteiger partial charge in [-0.15, -0.1) is 0 Å². The van der Waals surface area contributed by atoms with Crippen LogP contribution in [0, 0.1) is 0 Å². The number of alkyl halides is 3. The number of hydrogen-bond donors (Lipinski definition) is 2. The predicted molar refractivity (Wildman–Crippen MR) is 107 cm³/mol. The molecule has 2 heterocycles. The van der Waals surface area contributed by atoms with E-state index in [1.165, 1.54) is 10.5 Å². The van der Waals surface area contributed by atoms with Crippen LogP contribution >= 0.6 is 0 Å². The van der Waals surface area contributed by atoms with Crippen LogP contribution in [-0.4, -0.2) is 68.8 Å². The van der Waals surface area contributed by atoms with E-state index in [1.54, 1.807) is 7.05 Å². The Labute approximate surface area is 169 Å². The number of halogens is 3. The number of anilines is 1. The van der Waals surface area contributed by atoms with Gasteiger partial charge < -0.3 is 15.5 Å². The van der Waals surface area contributed by atoms with E-state index in [0.29, 0.717) is 44.9 Å². The molecule has 0 spiro atoms. The first kappa shape index (κ1) is 21.4. The van der Waals surface area contributed by atoms with Gasteiger partial charge in [0, 0.05) is 51.4 Å². The lowest BCUT2D eigenvalue weighted by molar-refractivity contribution is -0.143. The van der Waals surface area contributed by atoms with Crippen molar-refractivity contribution in [1.82, 2.24) is 15.5 Å². The lowest BCUT2D eigenvalue weighted by atomic mass is 10.2. The van der Waals surface area contributed by atoms with Crippen molar-refractivity contribution < 1.29 is 18.0 Å². The lowest BCUT2D eigenvalue weighted by Gasteiger charge is -2.20. The maximum absolute atomic E-state index is 12.5. The van der Waals surface area contributed by atoms with E-state index in [2.05, 4.69) is 21.7 Å². The van der Waals surface area contributed by atoms with Gasteiger partial charge in [0.25, 0.3) is 0 Å². The van der Waals surface area contributed by atoms with Crippen LogP contribution in [0.25, 0.3) is 0 Å². The van der Waals surface area contributed by atoms with Gasteiger partial charge in [0.2, 0.25) is 5.91 Å². The van der Waals surface area contributed by atoms with Crippen LogP contribution in [0.4, 0.5) is 18.9 Å². The van der Waals surface area contributed by atoms with E-state index in [-0.39, 0.29) is 11.9 Å². The molecule has 3 rings (SSSR count). The van der Waals surface area contributed by atoms with E-state index in [9.17, 15) is 18.0 Å². The molecular formula is C20H28F3N5O. The number of rotatable bonds is 6. The Hall–Kier alpha value is -2.29. The van der Waals surface area contributed by atoms with Gasteiger partial charge in [0.1, 0.15) is 0 Å². The standard InChI is InChI=1S/C20H28F3N5O/c1-24-19(26-16-9-11-27(13-16)14-20(21,22)23)25-10-4-7-18(29)28-12-8-15-5-2-3-6-17(15)28/h2-3,5-6,16H,4,7-14H2,1H3,(H2,24,25,26). The quantitative estimate of drug-likeness (QED) is 0.428. The molecule has 0 bridgehead atoms. The van der Waals surface area contributed by atoms with Crippen molar-refractivity contribution in [3.63, 3.8) is 0 Å². The molecular weight excluding hydrogens is 383 g/mol. The molecule has 0 aromatic heterocycles. The molecule has 6 nitrogen and oxygen atoms in total. The van der Waals surface area contributed by atoms with Crippen LogP contribution in [0.15, 0.2) is 29.3 Å². The minimum atomic E-state index is -4.17. The fourth-order valence-electron chi connectivity index (χ4n) is 3.91. The number of fused-ring (bicyclic) bond motifs is 1. The van der Waals surface area contributed by atoms with Crippen molar-refractivity contribution in [1.29, 1.82) is 0 Å². The summed E-state index contributed by atoms with van der Waals surface area (Å²) in [6.45, 7) is 1.18. The third-order valence-electron chi connectivity index (χ3n) is 5.29. The van der Waals surface area contributed by atoms with Gasteiger partial charge in [-0.25, -0.2) is 0 Å². The first-order chi connectivity index (χ1) is 13.9. The molecule has 1 unspecified atom stereocenters. The second-order valence-corrected chi connectivity index (χ2v) is 7.51. The second-order valence-electron chi connectivity index (χ2n) is 7.51.